The standard InChI is InChI=1S/C29H35F2N3O7S/c1-34(5-7-35,6-8-36)4-3-9-41-24-12-22-25(13-23(24)40-2)42-26(33-22)17-32-28(39)29(16-27(37)38)14-18-10-20(30)21(31)11-19(18)15-29/h10-13,35-36H,3-9,14-17H2,1-2H3,(H-,32,37,38,39)/p+1. The van der Waals surface area contributed by atoms with Crippen molar-refractivity contribution in [1.29, 1.82) is 0 Å². The van der Waals surface area contributed by atoms with Gasteiger partial charge in [-0.1, -0.05) is 0 Å². The van der Waals surface area contributed by atoms with Gasteiger partial charge in [0, 0.05) is 18.6 Å². The van der Waals surface area contributed by atoms with Gasteiger partial charge in [-0.25, -0.2) is 13.8 Å². The number of thiazole rings is 1. The molecule has 1 aliphatic rings. The highest BCUT2D eigenvalue weighted by Crippen LogP contribution is 2.41. The van der Waals surface area contributed by atoms with E-state index in [1.54, 1.807) is 12.1 Å². The molecule has 1 amide bonds. The Bertz CT molecular complexity index is 1410. The fourth-order valence-corrected chi connectivity index (χ4v) is 6.44. The van der Waals surface area contributed by atoms with Crippen LogP contribution in [-0.4, -0.2) is 90.3 Å². The van der Waals surface area contributed by atoms with Crippen molar-refractivity contribution in [1.82, 2.24) is 10.3 Å². The van der Waals surface area contributed by atoms with E-state index < -0.39 is 35.3 Å². The number of likely N-dealkylation sites (N-methyl/N-ethyl adjacent to an activating group) is 1. The number of hydrogen-bond acceptors (Lipinski definition) is 8. The van der Waals surface area contributed by atoms with Crippen molar-refractivity contribution in [3.8, 4) is 11.5 Å². The molecule has 0 radical (unpaired) electrons. The average Bonchev–Trinajstić information content (AvgIpc) is 3.49. The molecular formula is C29H36F2N3O7S+. The van der Waals surface area contributed by atoms with Crippen LogP contribution in [0, 0.1) is 17.0 Å². The second-order valence-electron chi connectivity index (χ2n) is 10.9. The minimum Gasteiger partial charge on any atom is -0.493 e. The predicted octanol–water partition coefficient (Wildman–Crippen LogP) is 2.66. The molecule has 10 nitrogen and oxygen atoms in total. The molecule has 3 aromatic rings. The lowest BCUT2D eigenvalue weighted by molar-refractivity contribution is -0.910. The fourth-order valence-electron chi connectivity index (χ4n) is 5.53. The first kappa shape index (κ1) is 31.5. The van der Waals surface area contributed by atoms with Crippen LogP contribution in [0.2, 0.25) is 0 Å². The zero-order valence-electron chi connectivity index (χ0n) is 23.6. The number of aliphatic hydroxyl groups is 2. The van der Waals surface area contributed by atoms with E-state index in [4.69, 9.17) is 9.47 Å². The van der Waals surface area contributed by atoms with Crippen LogP contribution in [0.25, 0.3) is 10.2 Å². The Kier molecular flexibility index (Phi) is 9.97. The SMILES string of the molecule is COc1cc2sc(CNC(=O)C3(CC(=O)O)Cc4cc(F)c(F)cc4C3)nc2cc1OCCC[N+](C)(CCO)CCO. The van der Waals surface area contributed by atoms with Crippen LogP contribution in [0.15, 0.2) is 24.3 Å². The van der Waals surface area contributed by atoms with Crippen molar-refractivity contribution in [3.63, 3.8) is 0 Å². The molecule has 1 aliphatic carbocycles. The molecule has 1 heterocycles. The summed E-state index contributed by atoms with van der Waals surface area (Å²) in [6, 6.07) is 5.62. The van der Waals surface area contributed by atoms with Gasteiger partial charge >= 0.3 is 5.97 Å². The number of carboxylic acids is 1. The number of carbonyl (C=O) groups excluding carboxylic acids is 1. The van der Waals surface area contributed by atoms with Gasteiger partial charge in [0.15, 0.2) is 23.1 Å². The van der Waals surface area contributed by atoms with Crippen molar-refractivity contribution in [2.24, 2.45) is 5.41 Å². The average molecular weight is 609 g/mol. The van der Waals surface area contributed by atoms with Crippen molar-refractivity contribution >= 4 is 33.4 Å². The number of rotatable bonds is 15. The normalized spacial score (nSPS) is 14.1. The van der Waals surface area contributed by atoms with Crippen molar-refractivity contribution < 1.29 is 47.6 Å². The molecule has 2 aromatic carbocycles. The number of aliphatic carboxylic acids is 1. The molecule has 42 heavy (non-hydrogen) atoms. The second kappa shape index (κ2) is 13.3. The molecule has 0 atom stereocenters. The summed E-state index contributed by atoms with van der Waals surface area (Å²) < 4.78 is 40.4. The molecule has 0 aliphatic heterocycles. The molecule has 4 rings (SSSR count). The number of ether oxygens (including phenoxy) is 2. The number of methoxy groups -OCH3 is 1. The number of aromatic nitrogens is 1. The van der Waals surface area contributed by atoms with Gasteiger partial charge in [-0.3, -0.25) is 9.59 Å². The lowest BCUT2D eigenvalue weighted by atomic mass is 9.80. The zero-order valence-corrected chi connectivity index (χ0v) is 24.4. The highest BCUT2D eigenvalue weighted by molar-refractivity contribution is 7.18. The summed E-state index contributed by atoms with van der Waals surface area (Å²) in [6.07, 6.45) is 0.195. The summed E-state index contributed by atoms with van der Waals surface area (Å²) in [4.78, 5) is 29.6. The number of nitrogens with one attached hydrogen (secondary N) is 1. The van der Waals surface area contributed by atoms with E-state index in [0.717, 1.165) is 16.8 Å². The summed E-state index contributed by atoms with van der Waals surface area (Å²) in [6.45, 7) is 2.28. The number of carbonyl (C=O) groups is 2. The molecule has 4 N–H and O–H groups in total. The number of fused-ring (bicyclic) bond motifs is 2. The van der Waals surface area contributed by atoms with Crippen LogP contribution in [0.4, 0.5) is 8.78 Å². The quantitative estimate of drug-likeness (QED) is 0.153. The number of nitrogens with zero attached hydrogens (tertiary/aromatic N) is 2. The third-order valence-electron chi connectivity index (χ3n) is 7.77. The lowest BCUT2D eigenvalue weighted by Gasteiger charge is -2.33. The molecule has 0 saturated heterocycles. The number of aliphatic hydroxyl groups excluding tert-OH is 2. The van der Waals surface area contributed by atoms with E-state index in [-0.39, 0.29) is 32.6 Å². The zero-order chi connectivity index (χ0) is 30.5. The first-order valence-electron chi connectivity index (χ1n) is 13.6. The molecule has 0 fully saturated rings. The van der Waals surface area contributed by atoms with Gasteiger partial charge in [-0.2, -0.15) is 0 Å². The van der Waals surface area contributed by atoms with Crippen LogP contribution in [0.5, 0.6) is 11.5 Å². The molecule has 0 spiro atoms. The predicted molar refractivity (Wildman–Crippen MR) is 152 cm³/mol. The maximum Gasteiger partial charge on any atom is 0.304 e. The minimum atomic E-state index is -1.36. The third-order valence-corrected chi connectivity index (χ3v) is 8.79. The Morgan fingerprint density at radius 1 is 1.05 bits per heavy atom. The number of benzene rings is 2. The topological polar surface area (TPSA) is 138 Å². The first-order chi connectivity index (χ1) is 20.0. The smallest absolute Gasteiger partial charge is 0.304 e. The molecular weight excluding hydrogens is 572 g/mol. The van der Waals surface area contributed by atoms with Gasteiger partial charge in [0.1, 0.15) is 18.1 Å². The fraction of sp³-hybridized carbons (Fsp3) is 0.483. The molecule has 0 saturated carbocycles. The first-order valence-corrected chi connectivity index (χ1v) is 14.5. The van der Waals surface area contributed by atoms with E-state index >= 15 is 0 Å². The summed E-state index contributed by atoms with van der Waals surface area (Å²) >= 11 is 1.34. The Labute approximate surface area is 246 Å². The second-order valence-corrected chi connectivity index (χ2v) is 12.1. The Morgan fingerprint density at radius 2 is 1.69 bits per heavy atom. The van der Waals surface area contributed by atoms with Gasteiger partial charge in [0.25, 0.3) is 0 Å². The van der Waals surface area contributed by atoms with Gasteiger partial charge in [-0.15, -0.1) is 11.3 Å². The molecule has 228 valence electrons. The van der Waals surface area contributed by atoms with Gasteiger partial charge in [0.05, 0.1) is 69.1 Å². The van der Waals surface area contributed by atoms with Gasteiger partial charge in [-0.05, 0) is 36.1 Å². The third kappa shape index (κ3) is 7.14. The van der Waals surface area contributed by atoms with Crippen LogP contribution in [0.1, 0.15) is 29.0 Å². The van der Waals surface area contributed by atoms with Crippen molar-refractivity contribution in [2.45, 2.75) is 32.2 Å². The van der Waals surface area contributed by atoms with Crippen LogP contribution in [0.3, 0.4) is 0 Å². The highest BCUT2D eigenvalue weighted by Gasteiger charge is 2.46. The lowest BCUT2D eigenvalue weighted by Crippen LogP contribution is -2.49. The number of hydrogen-bond donors (Lipinski definition) is 4. The number of carboxylic acid groups (broad SMARTS) is 1. The van der Waals surface area contributed by atoms with Crippen molar-refractivity contribution in [2.75, 3.05) is 53.6 Å². The summed E-state index contributed by atoms with van der Waals surface area (Å²) in [5.74, 6) is -2.73. The van der Waals surface area contributed by atoms with Crippen LogP contribution < -0.4 is 14.8 Å². The summed E-state index contributed by atoms with van der Waals surface area (Å²) in [5.41, 5.74) is 0.129. The maximum atomic E-state index is 13.8. The summed E-state index contributed by atoms with van der Waals surface area (Å²) in [7, 11) is 3.51. The summed E-state index contributed by atoms with van der Waals surface area (Å²) in [5, 5.41) is 31.6. The molecule has 1 aromatic heterocycles. The largest absolute Gasteiger partial charge is 0.493 e. The van der Waals surface area contributed by atoms with Gasteiger partial charge < -0.3 is 34.6 Å². The van der Waals surface area contributed by atoms with Crippen LogP contribution in [-0.2, 0) is 29.0 Å². The maximum absolute atomic E-state index is 13.8. The number of quaternary nitrogens is 1. The number of amides is 1. The van der Waals surface area contributed by atoms with Crippen molar-refractivity contribution in [3.05, 3.63) is 52.0 Å². The van der Waals surface area contributed by atoms with Gasteiger partial charge in [0.2, 0.25) is 5.91 Å². The number of halogens is 2. The van der Waals surface area contributed by atoms with E-state index in [0.29, 0.717) is 70.3 Å². The molecule has 13 heteroatoms. The minimum absolute atomic E-state index is 0.00651. The Hall–Kier alpha value is -3.39. The van der Waals surface area contributed by atoms with E-state index in [2.05, 4.69) is 10.3 Å². The Balaban J connectivity index is 1.43. The molecule has 0 bridgehead atoms. The molecule has 0 unspecified atom stereocenters. The van der Waals surface area contributed by atoms with E-state index in [1.807, 2.05) is 7.05 Å². The van der Waals surface area contributed by atoms with E-state index in [1.165, 1.54) is 18.4 Å². The van der Waals surface area contributed by atoms with Crippen LogP contribution >= 0.6 is 11.3 Å². The van der Waals surface area contributed by atoms with E-state index in [9.17, 15) is 33.7 Å². The highest BCUT2D eigenvalue weighted by atomic mass is 32.1. The Morgan fingerprint density at radius 3 is 2.26 bits per heavy atom. The monoisotopic (exact) mass is 608 g/mol.